The van der Waals surface area contributed by atoms with Crippen molar-refractivity contribution in [2.24, 2.45) is 13.0 Å². The molecule has 1 saturated heterocycles. The Labute approximate surface area is 220 Å². The number of fused-ring (bicyclic) bond motifs is 3. The number of ether oxygens (including phenoxy) is 2. The molecule has 0 saturated carbocycles. The molecule has 2 aromatic carbocycles. The molecule has 3 aromatic heterocycles. The van der Waals surface area contributed by atoms with Gasteiger partial charge in [-0.2, -0.15) is 0 Å². The lowest BCUT2D eigenvalue weighted by molar-refractivity contribution is 0.0553. The molecule has 1 unspecified atom stereocenters. The van der Waals surface area contributed by atoms with Gasteiger partial charge in [0.05, 0.1) is 41.1 Å². The number of amides is 1. The van der Waals surface area contributed by atoms with Gasteiger partial charge in [-0.05, 0) is 55.5 Å². The third-order valence-corrected chi connectivity index (χ3v) is 7.47. The highest BCUT2D eigenvalue weighted by Gasteiger charge is 2.30. The molecule has 0 aliphatic carbocycles. The number of aryl methyl sites for hydroxylation is 2. The van der Waals surface area contributed by atoms with E-state index in [9.17, 15) is 4.79 Å². The Morgan fingerprint density at radius 3 is 2.61 bits per heavy atom. The van der Waals surface area contributed by atoms with Gasteiger partial charge < -0.3 is 14.0 Å². The van der Waals surface area contributed by atoms with Crippen LogP contribution < -0.4 is 5.32 Å². The Morgan fingerprint density at radius 2 is 1.89 bits per heavy atom. The summed E-state index contributed by atoms with van der Waals surface area (Å²) in [6.07, 6.45) is 3.30. The van der Waals surface area contributed by atoms with Crippen LogP contribution in [0, 0.1) is 12.8 Å². The molecule has 1 aliphatic heterocycles. The number of aromatic nitrogens is 5. The van der Waals surface area contributed by atoms with Crippen LogP contribution in [0.3, 0.4) is 0 Å². The van der Waals surface area contributed by atoms with E-state index >= 15 is 0 Å². The van der Waals surface area contributed by atoms with Gasteiger partial charge in [0, 0.05) is 43.1 Å². The van der Waals surface area contributed by atoms with Crippen LogP contribution in [0.1, 0.15) is 30.1 Å². The number of nitrogens with zero attached hydrogens (tertiary/aromatic N) is 5. The molecule has 5 aromatic rings. The number of nitrogens with one attached hydrogen (secondary N) is 1. The third kappa shape index (κ3) is 4.18. The molecule has 6 rings (SSSR count). The summed E-state index contributed by atoms with van der Waals surface area (Å²) in [5.74, 6) is 0.367. The second-order valence-electron chi connectivity index (χ2n) is 9.76. The number of carbonyl (C=O) groups excluding carboxylic acids is 1. The van der Waals surface area contributed by atoms with E-state index < -0.39 is 6.09 Å². The number of benzene rings is 2. The molecule has 1 aliphatic rings. The number of methoxy groups -OCH3 is 1. The molecule has 0 radical (unpaired) electrons. The van der Waals surface area contributed by atoms with Crippen molar-refractivity contribution < 1.29 is 14.3 Å². The highest BCUT2D eigenvalue weighted by atomic mass is 16.5. The van der Waals surface area contributed by atoms with Gasteiger partial charge in [0.25, 0.3) is 0 Å². The van der Waals surface area contributed by atoms with Crippen molar-refractivity contribution in [1.29, 1.82) is 0 Å². The van der Waals surface area contributed by atoms with Crippen LogP contribution in [0.5, 0.6) is 0 Å². The minimum absolute atomic E-state index is 0.0521. The normalized spacial score (nSPS) is 15.1. The maximum absolute atomic E-state index is 12.0. The molecule has 1 atom stereocenters. The van der Waals surface area contributed by atoms with Crippen molar-refractivity contribution in [3.8, 4) is 11.3 Å². The summed E-state index contributed by atoms with van der Waals surface area (Å²) >= 11 is 0. The van der Waals surface area contributed by atoms with Crippen LogP contribution in [0.25, 0.3) is 33.2 Å². The van der Waals surface area contributed by atoms with Crippen molar-refractivity contribution in [3.05, 3.63) is 72.1 Å². The van der Waals surface area contributed by atoms with Crippen molar-refractivity contribution >= 4 is 33.7 Å². The fourth-order valence-corrected chi connectivity index (χ4v) is 5.75. The van der Waals surface area contributed by atoms with Crippen molar-refractivity contribution in [1.82, 2.24) is 24.5 Å². The van der Waals surface area contributed by atoms with Gasteiger partial charge in [-0.15, -0.1) is 5.10 Å². The summed E-state index contributed by atoms with van der Waals surface area (Å²) < 4.78 is 14.8. The first-order valence-electron chi connectivity index (χ1n) is 12.8. The summed E-state index contributed by atoms with van der Waals surface area (Å²) in [6, 6.07) is 18.8. The minimum Gasteiger partial charge on any atom is -0.453 e. The third-order valence-electron chi connectivity index (χ3n) is 7.47. The van der Waals surface area contributed by atoms with E-state index in [0.29, 0.717) is 11.6 Å². The fraction of sp³-hybridized carbons (Fsp3) is 0.310. The lowest BCUT2D eigenvalue weighted by Gasteiger charge is -2.33. The number of anilines is 1. The first kappa shape index (κ1) is 24.1. The Hall–Kier alpha value is -4.24. The van der Waals surface area contributed by atoms with E-state index in [-0.39, 0.29) is 6.04 Å². The molecule has 0 spiro atoms. The van der Waals surface area contributed by atoms with E-state index in [1.165, 1.54) is 12.7 Å². The van der Waals surface area contributed by atoms with E-state index in [1.807, 2.05) is 44.4 Å². The van der Waals surface area contributed by atoms with Crippen LogP contribution in [0.2, 0.25) is 0 Å². The van der Waals surface area contributed by atoms with Gasteiger partial charge in [0.1, 0.15) is 0 Å². The van der Waals surface area contributed by atoms with Crippen LogP contribution in [0.4, 0.5) is 10.5 Å². The molecular formula is C29H30N6O3. The average molecular weight is 511 g/mol. The SMILES string of the molecule is COC(=O)Nc1ccc2c3ncc(-c4c(C)nnn4C)cc3n(C(c3ccccc3)C3CCOCC3)c2c1. The van der Waals surface area contributed by atoms with Crippen molar-refractivity contribution in [3.63, 3.8) is 0 Å². The van der Waals surface area contributed by atoms with Crippen LogP contribution in [0.15, 0.2) is 60.8 Å². The van der Waals surface area contributed by atoms with Crippen molar-refractivity contribution in [2.75, 3.05) is 25.6 Å². The molecule has 1 fully saturated rings. The fourth-order valence-electron chi connectivity index (χ4n) is 5.75. The molecule has 38 heavy (non-hydrogen) atoms. The van der Waals surface area contributed by atoms with Gasteiger partial charge >= 0.3 is 6.09 Å². The van der Waals surface area contributed by atoms with Gasteiger partial charge in [-0.1, -0.05) is 35.5 Å². The minimum atomic E-state index is -0.504. The number of rotatable bonds is 5. The Balaban J connectivity index is 1.65. The number of pyridine rings is 1. The van der Waals surface area contributed by atoms with Crippen molar-refractivity contribution in [2.45, 2.75) is 25.8 Å². The van der Waals surface area contributed by atoms with E-state index in [2.05, 4.69) is 50.5 Å². The number of hydrogen-bond acceptors (Lipinski definition) is 6. The standard InChI is InChI=1S/C29H30N6O3/c1-18-27(34(2)33-32-18)21-15-25-26(30-17-21)23-10-9-22(31-29(36)37-3)16-24(23)35(25)28(19-7-5-4-6-8-19)20-11-13-38-14-12-20/h4-10,15-17,20,28H,11-14H2,1-3H3,(H,31,36). The van der Waals surface area contributed by atoms with E-state index in [1.54, 1.807) is 4.68 Å². The first-order chi connectivity index (χ1) is 18.5. The van der Waals surface area contributed by atoms with Crippen LogP contribution in [-0.4, -0.2) is 51.0 Å². The first-order valence-corrected chi connectivity index (χ1v) is 12.8. The molecular weight excluding hydrogens is 480 g/mol. The lowest BCUT2D eigenvalue weighted by Crippen LogP contribution is -2.27. The van der Waals surface area contributed by atoms with E-state index in [4.69, 9.17) is 14.5 Å². The maximum Gasteiger partial charge on any atom is 0.411 e. The molecule has 0 bridgehead atoms. The zero-order chi connectivity index (χ0) is 26.2. The van der Waals surface area contributed by atoms with Crippen LogP contribution in [-0.2, 0) is 16.5 Å². The van der Waals surface area contributed by atoms with Gasteiger partial charge in [0.2, 0.25) is 0 Å². The van der Waals surface area contributed by atoms with Gasteiger partial charge in [0.15, 0.2) is 0 Å². The second kappa shape index (κ2) is 9.90. The summed E-state index contributed by atoms with van der Waals surface area (Å²) in [6.45, 7) is 3.44. The zero-order valence-corrected chi connectivity index (χ0v) is 21.7. The largest absolute Gasteiger partial charge is 0.453 e. The summed E-state index contributed by atoms with van der Waals surface area (Å²) in [4.78, 5) is 17.0. The maximum atomic E-state index is 12.0. The smallest absolute Gasteiger partial charge is 0.411 e. The molecule has 4 heterocycles. The molecule has 9 heteroatoms. The Kier molecular flexibility index (Phi) is 6.29. The second-order valence-corrected chi connectivity index (χ2v) is 9.76. The zero-order valence-electron chi connectivity index (χ0n) is 21.7. The molecule has 194 valence electrons. The molecule has 9 nitrogen and oxygen atoms in total. The van der Waals surface area contributed by atoms with Gasteiger partial charge in [-0.3, -0.25) is 10.3 Å². The predicted octanol–water partition coefficient (Wildman–Crippen LogP) is 5.49. The topological polar surface area (TPSA) is 96.1 Å². The van der Waals surface area contributed by atoms with E-state index in [0.717, 1.165) is 64.9 Å². The number of carbonyl (C=O) groups is 1. The lowest BCUT2D eigenvalue weighted by atomic mass is 9.86. The quantitative estimate of drug-likeness (QED) is 0.336. The monoisotopic (exact) mass is 510 g/mol. The van der Waals surface area contributed by atoms with Crippen LogP contribution >= 0.6 is 0 Å². The Bertz CT molecular complexity index is 1600. The molecule has 1 amide bonds. The predicted molar refractivity (Wildman–Crippen MR) is 146 cm³/mol. The summed E-state index contributed by atoms with van der Waals surface area (Å²) in [5, 5.41) is 12.3. The molecule has 1 N–H and O–H groups in total. The highest BCUT2D eigenvalue weighted by molar-refractivity contribution is 6.08. The summed E-state index contributed by atoms with van der Waals surface area (Å²) in [7, 11) is 3.26. The highest BCUT2D eigenvalue weighted by Crippen LogP contribution is 2.41. The number of hydrogen-bond donors (Lipinski definition) is 1. The Morgan fingerprint density at radius 1 is 1.11 bits per heavy atom. The summed E-state index contributed by atoms with van der Waals surface area (Å²) in [5.41, 5.74) is 7.57. The van der Waals surface area contributed by atoms with Gasteiger partial charge in [-0.25, -0.2) is 9.48 Å². The average Bonchev–Trinajstić information content (AvgIpc) is 3.45.